The van der Waals surface area contributed by atoms with Gasteiger partial charge in [0.05, 0.1) is 5.52 Å². The summed E-state index contributed by atoms with van der Waals surface area (Å²) in [4.78, 5) is 26.6. The normalized spacial score (nSPS) is 12.4. The van der Waals surface area contributed by atoms with Crippen molar-refractivity contribution in [2.75, 3.05) is 0 Å². The summed E-state index contributed by atoms with van der Waals surface area (Å²) in [5.41, 5.74) is 6.61. The number of hydrogen-bond donors (Lipinski definition) is 1. The van der Waals surface area contributed by atoms with Crippen LogP contribution in [0, 0.1) is 0 Å². The maximum atomic E-state index is 11.5. The highest BCUT2D eigenvalue weighted by atomic mass is 16.5. The molecule has 0 fully saturated rings. The number of fused-ring (bicyclic) bond motifs is 1. The van der Waals surface area contributed by atoms with Crippen LogP contribution in [0.1, 0.15) is 12.5 Å². The number of nitrogens with two attached hydrogens (primary N) is 1. The summed E-state index contributed by atoms with van der Waals surface area (Å²) in [6, 6.07) is 9.44. The molecule has 1 heterocycles. The maximum absolute atomic E-state index is 11.5. The lowest BCUT2D eigenvalue weighted by Crippen LogP contribution is -2.29. The van der Waals surface area contributed by atoms with E-state index in [2.05, 4.69) is 4.98 Å². The fraction of sp³-hybridized carbons (Fsp3) is 0.133. The van der Waals surface area contributed by atoms with Gasteiger partial charge in [-0.1, -0.05) is 24.3 Å². The molecule has 0 aliphatic carbocycles. The molecule has 0 unspecified atom stereocenters. The Labute approximate surface area is 116 Å². The van der Waals surface area contributed by atoms with E-state index < -0.39 is 18.0 Å². The number of benzene rings is 1. The molecule has 102 valence electrons. The van der Waals surface area contributed by atoms with Crippen molar-refractivity contribution in [1.29, 1.82) is 0 Å². The van der Waals surface area contributed by atoms with Crippen LogP contribution in [0.3, 0.4) is 0 Å². The highest BCUT2D eigenvalue weighted by Crippen LogP contribution is 2.17. The Kier molecular flexibility index (Phi) is 4.10. The third-order valence-electron chi connectivity index (χ3n) is 2.76. The molecular weight excluding hydrogens is 256 g/mol. The molecule has 0 aliphatic rings. The minimum Gasteiger partial charge on any atom is -0.449 e. The minimum atomic E-state index is -0.946. The van der Waals surface area contributed by atoms with E-state index in [4.69, 9.17) is 10.5 Å². The lowest BCUT2D eigenvalue weighted by Gasteiger charge is -2.06. The summed E-state index contributed by atoms with van der Waals surface area (Å²) in [7, 11) is 0. The van der Waals surface area contributed by atoms with Gasteiger partial charge in [0.1, 0.15) is 0 Å². The van der Waals surface area contributed by atoms with E-state index in [9.17, 15) is 9.59 Å². The van der Waals surface area contributed by atoms with Crippen molar-refractivity contribution in [3.8, 4) is 0 Å². The van der Waals surface area contributed by atoms with Gasteiger partial charge < -0.3 is 10.5 Å². The lowest BCUT2D eigenvalue weighted by molar-refractivity contribution is -0.148. The summed E-state index contributed by atoms with van der Waals surface area (Å²) in [5.74, 6) is -1.30. The van der Waals surface area contributed by atoms with Gasteiger partial charge in [-0.25, -0.2) is 4.79 Å². The number of hydrogen-bond acceptors (Lipinski definition) is 4. The second-order valence-corrected chi connectivity index (χ2v) is 4.24. The number of rotatable bonds is 4. The Morgan fingerprint density at radius 2 is 2.05 bits per heavy atom. The zero-order valence-electron chi connectivity index (χ0n) is 10.9. The van der Waals surface area contributed by atoms with E-state index in [0.29, 0.717) is 0 Å². The number of carbonyl (C=O) groups excluding carboxylic acids is 2. The molecule has 2 N–H and O–H groups in total. The first-order valence-electron chi connectivity index (χ1n) is 6.09. The topological polar surface area (TPSA) is 82.3 Å². The standard InChI is InChI=1S/C15H14N2O3/c1-10(15(16)19)20-13(18)8-7-12-5-2-4-11-6-3-9-17-14(11)12/h2-10H,1H3,(H2,16,19)/b8-7+/t10-/m1/s1. The van der Waals surface area contributed by atoms with Crippen LogP contribution in [0.5, 0.6) is 0 Å². The Morgan fingerprint density at radius 1 is 1.30 bits per heavy atom. The van der Waals surface area contributed by atoms with Crippen LogP contribution >= 0.6 is 0 Å². The van der Waals surface area contributed by atoms with Crippen LogP contribution in [0.25, 0.3) is 17.0 Å². The fourth-order valence-corrected chi connectivity index (χ4v) is 1.69. The van der Waals surface area contributed by atoms with Gasteiger partial charge in [0, 0.05) is 23.2 Å². The highest BCUT2D eigenvalue weighted by Gasteiger charge is 2.12. The van der Waals surface area contributed by atoms with Crippen molar-refractivity contribution in [3.63, 3.8) is 0 Å². The third-order valence-corrected chi connectivity index (χ3v) is 2.76. The summed E-state index contributed by atoms with van der Waals surface area (Å²) in [5, 5.41) is 0.980. The van der Waals surface area contributed by atoms with Gasteiger partial charge in [-0.3, -0.25) is 9.78 Å². The fourth-order valence-electron chi connectivity index (χ4n) is 1.69. The highest BCUT2D eigenvalue weighted by molar-refractivity contribution is 5.93. The van der Waals surface area contributed by atoms with Crippen LogP contribution in [-0.2, 0) is 14.3 Å². The molecule has 1 atom stereocenters. The number of primary amides is 1. The quantitative estimate of drug-likeness (QED) is 0.676. The molecule has 0 bridgehead atoms. The predicted molar refractivity (Wildman–Crippen MR) is 75.5 cm³/mol. The second kappa shape index (κ2) is 5.97. The van der Waals surface area contributed by atoms with Crippen LogP contribution in [0.4, 0.5) is 0 Å². The molecule has 2 aromatic rings. The van der Waals surface area contributed by atoms with E-state index >= 15 is 0 Å². The summed E-state index contributed by atoms with van der Waals surface area (Å²) in [6.07, 6.45) is 3.60. The molecule has 0 saturated heterocycles. The monoisotopic (exact) mass is 270 g/mol. The molecule has 2 rings (SSSR count). The van der Waals surface area contributed by atoms with Gasteiger partial charge in [-0.2, -0.15) is 0 Å². The zero-order valence-corrected chi connectivity index (χ0v) is 10.9. The van der Waals surface area contributed by atoms with E-state index in [0.717, 1.165) is 16.5 Å². The number of carbonyl (C=O) groups is 2. The Morgan fingerprint density at radius 3 is 2.80 bits per heavy atom. The molecule has 0 radical (unpaired) electrons. The molecule has 5 heteroatoms. The van der Waals surface area contributed by atoms with Crippen molar-refractivity contribution in [2.24, 2.45) is 5.73 Å². The first-order valence-corrected chi connectivity index (χ1v) is 6.09. The molecule has 1 aromatic heterocycles. The first kappa shape index (κ1) is 13.7. The summed E-state index contributed by atoms with van der Waals surface area (Å²) in [6.45, 7) is 1.42. The van der Waals surface area contributed by atoms with Crippen LogP contribution in [0.15, 0.2) is 42.6 Å². The van der Waals surface area contributed by atoms with Gasteiger partial charge in [0.25, 0.3) is 5.91 Å². The lowest BCUT2D eigenvalue weighted by atomic mass is 10.1. The number of aromatic nitrogens is 1. The van der Waals surface area contributed by atoms with Crippen molar-refractivity contribution < 1.29 is 14.3 Å². The number of para-hydroxylation sites is 1. The van der Waals surface area contributed by atoms with Crippen molar-refractivity contribution in [1.82, 2.24) is 4.98 Å². The molecule has 20 heavy (non-hydrogen) atoms. The van der Waals surface area contributed by atoms with Crippen molar-refractivity contribution in [3.05, 3.63) is 48.2 Å². The zero-order chi connectivity index (χ0) is 14.5. The minimum absolute atomic E-state index is 0.621. The van der Waals surface area contributed by atoms with E-state index in [1.807, 2.05) is 30.3 Å². The SMILES string of the molecule is C[C@@H](OC(=O)/C=C/c1cccc2cccnc12)C(N)=O. The number of esters is 1. The largest absolute Gasteiger partial charge is 0.449 e. The smallest absolute Gasteiger partial charge is 0.331 e. The van der Waals surface area contributed by atoms with Gasteiger partial charge in [-0.05, 0) is 19.1 Å². The summed E-state index contributed by atoms with van der Waals surface area (Å²) < 4.78 is 4.82. The van der Waals surface area contributed by atoms with Gasteiger partial charge in [0.2, 0.25) is 0 Å². The predicted octanol–water partition coefficient (Wildman–Crippen LogP) is 1.66. The van der Waals surface area contributed by atoms with Crippen LogP contribution in [-0.4, -0.2) is 23.0 Å². The summed E-state index contributed by atoms with van der Waals surface area (Å²) >= 11 is 0. The average molecular weight is 270 g/mol. The van der Waals surface area contributed by atoms with Crippen LogP contribution in [0.2, 0.25) is 0 Å². The number of pyridine rings is 1. The molecule has 1 amide bonds. The molecule has 5 nitrogen and oxygen atoms in total. The van der Waals surface area contributed by atoms with Crippen LogP contribution < -0.4 is 5.73 Å². The van der Waals surface area contributed by atoms with Gasteiger partial charge in [-0.15, -0.1) is 0 Å². The Bertz CT molecular complexity index is 674. The molecule has 0 spiro atoms. The number of ether oxygens (including phenoxy) is 1. The van der Waals surface area contributed by atoms with E-state index in [-0.39, 0.29) is 0 Å². The second-order valence-electron chi connectivity index (χ2n) is 4.24. The third kappa shape index (κ3) is 3.20. The van der Waals surface area contributed by atoms with E-state index in [1.54, 1.807) is 12.3 Å². The molecule has 0 saturated carbocycles. The van der Waals surface area contributed by atoms with Gasteiger partial charge in [0.15, 0.2) is 6.10 Å². The van der Waals surface area contributed by atoms with Gasteiger partial charge >= 0.3 is 5.97 Å². The average Bonchev–Trinajstić information content (AvgIpc) is 2.44. The van der Waals surface area contributed by atoms with E-state index in [1.165, 1.54) is 13.0 Å². The van der Waals surface area contributed by atoms with Crippen molar-refractivity contribution >= 4 is 28.9 Å². The Balaban J connectivity index is 2.18. The Hall–Kier alpha value is -2.69. The molecule has 0 aliphatic heterocycles. The van der Waals surface area contributed by atoms with Crippen molar-refractivity contribution in [2.45, 2.75) is 13.0 Å². The molecular formula is C15H14N2O3. The first-order chi connectivity index (χ1) is 9.58. The maximum Gasteiger partial charge on any atom is 0.331 e. The number of nitrogens with zero attached hydrogens (tertiary/aromatic N) is 1. The molecule has 1 aromatic carbocycles. The number of amides is 1.